The molecule has 0 heterocycles. The summed E-state index contributed by atoms with van der Waals surface area (Å²) in [7, 11) is 0. The molecule has 1 amide bonds. The van der Waals surface area contributed by atoms with Crippen molar-refractivity contribution in [3.05, 3.63) is 52.5 Å². The van der Waals surface area contributed by atoms with Crippen LogP contribution in [0.25, 0.3) is 0 Å². The Morgan fingerprint density at radius 3 is 2.65 bits per heavy atom. The molecule has 0 aliphatic carbocycles. The first-order chi connectivity index (χ1) is 9.51. The molecule has 0 spiro atoms. The second-order valence-corrected chi connectivity index (χ2v) is 4.79. The third-order valence-corrected chi connectivity index (χ3v) is 3.30. The number of phenols is 1. The van der Waals surface area contributed by atoms with Gasteiger partial charge >= 0.3 is 0 Å². The van der Waals surface area contributed by atoms with E-state index >= 15 is 0 Å². The van der Waals surface area contributed by atoms with E-state index in [0.29, 0.717) is 16.9 Å². The molecule has 2 aromatic carbocycles. The highest BCUT2D eigenvalue weighted by Crippen LogP contribution is 2.24. The van der Waals surface area contributed by atoms with Crippen molar-refractivity contribution in [1.82, 2.24) is 0 Å². The fourth-order valence-corrected chi connectivity index (χ4v) is 2.03. The monoisotopic (exact) mass is 290 g/mol. The first kappa shape index (κ1) is 14.2. The molecule has 0 bridgehead atoms. The van der Waals surface area contributed by atoms with Gasteiger partial charge in [0, 0.05) is 16.9 Å². The van der Waals surface area contributed by atoms with Crippen LogP contribution in [0, 0.1) is 0 Å². The molecule has 4 N–H and O–H groups in total. The van der Waals surface area contributed by atoms with E-state index in [-0.39, 0.29) is 16.7 Å². The van der Waals surface area contributed by atoms with Crippen molar-refractivity contribution in [1.29, 1.82) is 0 Å². The Labute approximate surface area is 122 Å². The van der Waals surface area contributed by atoms with Crippen molar-refractivity contribution in [2.24, 2.45) is 0 Å². The number of aromatic hydroxyl groups is 1. The number of carbonyl (C=O) groups excluding carboxylic acids is 1. The van der Waals surface area contributed by atoms with E-state index in [2.05, 4.69) is 5.32 Å². The standard InChI is InChI=1S/C15H15ClN2O2/c1-2-9-3-5-11(8-13(9)17)18-15(20)10-4-6-14(19)12(16)7-10/h3-8,19H,2,17H2,1H3,(H,18,20). The number of amides is 1. The summed E-state index contributed by atoms with van der Waals surface area (Å²) in [5, 5.41) is 12.2. The zero-order chi connectivity index (χ0) is 14.7. The normalized spacial score (nSPS) is 10.3. The highest BCUT2D eigenvalue weighted by Gasteiger charge is 2.09. The second-order valence-electron chi connectivity index (χ2n) is 4.39. The topological polar surface area (TPSA) is 75.3 Å². The fraction of sp³-hybridized carbons (Fsp3) is 0.133. The lowest BCUT2D eigenvalue weighted by atomic mass is 10.1. The number of nitrogens with two attached hydrogens (primary N) is 1. The summed E-state index contributed by atoms with van der Waals surface area (Å²) < 4.78 is 0. The summed E-state index contributed by atoms with van der Waals surface area (Å²) in [5.41, 5.74) is 8.56. The summed E-state index contributed by atoms with van der Waals surface area (Å²) in [6, 6.07) is 9.70. The molecular weight excluding hydrogens is 276 g/mol. The number of nitrogens with one attached hydrogen (secondary N) is 1. The quantitative estimate of drug-likeness (QED) is 0.758. The Hall–Kier alpha value is -2.20. The van der Waals surface area contributed by atoms with Gasteiger partial charge in [0.25, 0.3) is 5.91 Å². The van der Waals surface area contributed by atoms with Crippen molar-refractivity contribution in [3.8, 4) is 5.75 Å². The van der Waals surface area contributed by atoms with Crippen LogP contribution in [0.5, 0.6) is 5.75 Å². The molecule has 5 heteroatoms. The number of benzene rings is 2. The average Bonchev–Trinajstić information content (AvgIpc) is 2.42. The predicted octanol–water partition coefficient (Wildman–Crippen LogP) is 3.44. The van der Waals surface area contributed by atoms with Gasteiger partial charge in [-0.2, -0.15) is 0 Å². The molecule has 104 valence electrons. The Morgan fingerprint density at radius 1 is 1.30 bits per heavy atom. The van der Waals surface area contributed by atoms with Crippen molar-refractivity contribution in [3.63, 3.8) is 0 Å². The van der Waals surface area contributed by atoms with Gasteiger partial charge in [-0.15, -0.1) is 0 Å². The average molecular weight is 291 g/mol. The largest absolute Gasteiger partial charge is 0.506 e. The summed E-state index contributed by atoms with van der Waals surface area (Å²) in [4.78, 5) is 12.1. The zero-order valence-corrected chi connectivity index (χ0v) is 11.7. The third kappa shape index (κ3) is 3.03. The Kier molecular flexibility index (Phi) is 4.15. The lowest BCUT2D eigenvalue weighted by Crippen LogP contribution is -2.12. The van der Waals surface area contributed by atoms with Crippen molar-refractivity contribution in [2.75, 3.05) is 11.1 Å². The van der Waals surface area contributed by atoms with Gasteiger partial charge in [-0.05, 0) is 42.3 Å². The van der Waals surface area contributed by atoms with E-state index in [4.69, 9.17) is 17.3 Å². The van der Waals surface area contributed by atoms with Gasteiger partial charge in [0.05, 0.1) is 5.02 Å². The van der Waals surface area contributed by atoms with Crippen LogP contribution in [-0.2, 0) is 6.42 Å². The molecule has 0 saturated heterocycles. The maximum atomic E-state index is 12.1. The zero-order valence-electron chi connectivity index (χ0n) is 11.0. The maximum absolute atomic E-state index is 12.1. The lowest BCUT2D eigenvalue weighted by molar-refractivity contribution is 0.102. The second kappa shape index (κ2) is 5.84. The number of phenolic OH excluding ortho intramolecular Hbond substituents is 1. The van der Waals surface area contributed by atoms with Crippen LogP contribution in [0.2, 0.25) is 5.02 Å². The molecule has 0 fully saturated rings. The maximum Gasteiger partial charge on any atom is 0.255 e. The minimum atomic E-state index is -0.310. The summed E-state index contributed by atoms with van der Waals surface area (Å²) in [5.74, 6) is -0.365. The molecular formula is C15H15ClN2O2. The molecule has 2 aromatic rings. The van der Waals surface area contributed by atoms with Crippen LogP contribution >= 0.6 is 11.6 Å². The Morgan fingerprint density at radius 2 is 2.05 bits per heavy atom. The van der Waals surface area contributed by atoms with E-state index in [1.165, 1.54) is 18.2 Å². The minimum Gasteiger partial charge on any atom is -0.506 e. The number of hydrogen-bond donors (Lipinski definition) is 3. The molecule has 0 aromatic heterocycles. The van der Waals surface area contributed by atoms with Crippen LogP contribution < -0.4 is 11.1 Å². The number of carbonyl (C=O) groups is 1. The molecule has 0 atom stereocenters. The van der Waals surface area contributed by atoms with E-state index in [9.17, 15) is 9.90 Å². The SMILES string of the molecule is CCc1ccc(NC(=O)c2ccc(O)c(Cl)c2)cc1N. The molecule has 4 nitrogen and oxygen atoms in total. The van der Waals surface area contributed by atoms with Gasteiger partial charge in [0.2, 0.25) is 0 Å². The van der Waals surface area contributed by atoms with Gasteiger partial charge in [-0.3, -0.25) is 4.79 Å². The van der Waals surface area contributed by atoms with Gasteiger partial charge < -0.3 is 16.2 Å². The van der Waals surface area contributed by atoms with E-state index in [1.807, 2.05) is 13.0 Å². The highest BCUT2D eigenvalue weighted by atomic mass is 35.5. The van der Waals surface area contributed by atoms with E-state index < -0.39 is 0 Å². The number of anilines is 2. The fourth-order valence-electron chi connectivity index (χ4n) is 1.85. The predicted molar refractivity (Wildman–Crippen MR) is 81.3 cm³/mol. The van der Waals surface area contributed by atoms with Crippen LogP contribution in [0.3, 0.4) is 0 Å². The van der Waals surface area contributed by atoms with E-state index in [1.54, 1.807) is 12.1 Å². The number of hydrogen-bond acceptors (Lipinski definition) is 3. The molecule has 0 unspecified atom stereocenters. The van der Waals surface area contributed by atoms with Crippen molar-refractivity contribution < 1.29 is 9.90 Å². The number of aryl methyl sites for hydroxylation is 1. The summed E-state index contributed by atoms with van der Waals surface area (Å²) >= 11 is 5.78. The Bertz CT molecular complexity index is 656. The third-order valence-electron chi connectivity index (χ3n) is 2.99. The van der Waals surface area contributed by atoms with Crippen LogP contribution in [0.1, 0.15) is 22.8 Å². The van der Waals surface area contributed by atoms with Crippen molar-refractivity contribution in [2.45, 2.75) is 13.3 Å². The molecule has 2 rings (SSSR count). The first-order valence-electron chi connectivity index (χ1n) is 6.19. The number of rotatable bonds is 3. The molecule has 0 aliphatic rings. The molecule has 0 radical (unpaired) electrons. The molecule has 20 heavy (non-hydrogen) atoms. The van der Waals surface area contributed by atoms with Crippen LogP contribution in [0.15, 0.2) is 36.4 Å². The number of halogens is 1. The van der Waals surface area contributed by atoms with Gasteiger partial charge in [-0.1, -0.05) is 24.6 Å². The smallest absolute Gasteiger partial charge is 0.255 e. The highest BCUT2D eigenvalue weighted by molar-refractivity contribution is 6.32. The molecule has 0 saturated carbocycles. The van der Waals surface area contributed by atoms with Crippen LogP contribution in [0.4, 0.5) is 11.4 Å². The van der Waals surface area contributed by atoms with Gasteiger partial charge in [0.1, 0.15) is 5.75 Å². The van der Waals surface area contributed by atoms with Crippen LogP contribution in [-0.4, -0.2) is 11.0 Å². The van der Waals surface area contributed by atoms with E-state index in [0.717, 1.165) is 12.0 Å². The van der Waals surface area contributed by atoms with Crippen molar-refractivity contribution >= 4 is 28.9 Å². The first-order valence-corrected chi connectivity index (χ1v) is 6.57. The van der Waals surface area contributed by atoms with Gasteiger partial charge in [0.15, 0.2) is 0 Å². The van der Waals surface area contributed by atoms with Gasteiger partial charge in [-0.25, -0.2) is 0 Å². The summed E-state index contributed by atoms with van der Waals surface area (Å²) in [6.07, 6.45) is 0.841. The molecule has 0 aliphatic heterocycles. The number of nitrogen functional groups attached to an aromatic ring is 1. The minimum absolute atomic E-state index is 0.0558. The Balaban J connectivity index is 2.19. The lowest BCUT2D eigenvalue weighted by Gasteiger charge is -2.09. The summed E-state index contributed by atoms with van der Waals surface area (Å²) in [6.45, 7) is 2.02.